The molecule has 0 aliphatic carbocycles. The van der Waals surface area contributed by atoms with Gasteiger partial charge in [-0.3, -0.25) is 0 Å². The van der Waals surface area contributed by atoms with Gasteiger partial charge in [0.15, 0.2) is 0 Å². The molecule has 110 valence electrons. The van der Waals surface area contributed by atoms with Crippen LogP contribution in [-0.2, 0) is 19.9 Å². The molecule has 0 aromatic carbocycles. The zero-order valence-electron chi connectivity index (χ0n) is 7.47. The first-order chi connectivity index (χ1) is 7.56. The minimum atomic E-state index is -7.90. The molecule has 15 heteroatoms. The molecule has 0 heterocycles. The predicted molar refractivity (Wildman–Crippen MR) is 38.0 cm³/mol. The maximum atomic E-state index is 12.5. The smallest absolute Gasteiger partial charge is 0.213 e. The van der Waals surface area contributed by atoms with Crippen LogP contribution in [0, 0.1) is 0 Å². The first-order valence-corrected chi connectivity index (χ1v) is 6.21. The van der Waals surface area contributed by atoms with Crippen molar-refractivity contribution < 1.29 is 52.0 Å². The second-order valence-electron chi connectivity index (χ2n) is 2.56. The fourth-order valence-corrected chi connectivity index (χ4v) is 2.18. The van der Waals surface area contributed by atoms with Crippen molar-refractivity contribution in [3.63, 3.8) is 0 Å². The minimum absolute atomic E-state index is 0.878. The van der Waals surface area contributed by atoms with E-state index in [1.54, 1.807) is 0 Å². The van der Waals surface area contributed by atoms with Crippen molar-refractivity contribution in [3.05, 3.63) is 0 Å². The van der Waals surface area contributed by atoms with E-state index < -0.39 is 40.8 Å². The Morgan fingerprint density at radius 1 is 0.722 bits per heavy atom. The lowest BCUT2D eigenvalue weighted by Gasteiger charge is -2.25. The topological polar surface area (TPSA) is 80.3 Å². The molecular weight excluding hydrogens is 330 g/mol. The lowest BCUT2D eigenvalue weighted by atomic mass is 10.7. The first kappa shape index (κ1) is 17.3. The second-order valence-corrected chi connectivity index (χ2v) is 6.22. The summed E-state index contributed by atoms with van der Waals surface area (Å²) in [5.41, 5.74) is -6.87. The molecule has 0 unspecified atom stereocenters. The molecule has 0 radical (unpaired) electrons. The minimum Gasteiger partial charge on any atom is -0.213 e. The van der Waals surface area contributed by atoms with E-state index in [2.05, 4.69) is 0 Å². The number of hydrogen-bond acceptors (Lipinski definition) is 4. The average Bonchev–Trinajstić information content (AvgIpc) is 2.15. The van der Waals surface area contributed by atoms with Crippen molar-refractivity contribution in [1.82, 2.24) is 4.94 Å². The molecule has 5 nitrogen and oxygen atoms in total. The third-order valence-corrected chi connectivity index (χ3v) is 4.22. The molecular formula is C3HF8NO4S2. The van der Waals surface area contributed by atoms with Crippen LogP contribution in [0.2, 0.25) is 0 Å². The number of sulfonamides is 1. The molecule has 0 amide bonds. The highest BCUT2D eigenvalue weighted by molar-refractivity contribution is 7.96. The van der Waals surface area contributed by atoms with Gasteiger partial charge in [0.2, 0.25) is 0 Å². The van der Waals surface area contributed by atoms with Crippen molar-refractivity contribution in [3.8, 4) is 0 Å². The van der Waals surface area contributed by atoms with Gasteiger partial charge >= 0.3 is 35.9 Å². The largest absolute Gasteiger partial charge is 0.503 e. The van der Waals surface area contributed by atoms with Gasteiger partial charge in [0, 0.05) is 0 Å². The van der Waals surface area contributed by atoms with Crippen molar-refractivity contribution in [2.75, 3.05) is 0 Å². The summed E-state index contributed by atoms with van der Waals surface area (Å²) < 4.78 is 137. The Bertz CT molecular complexity index is 517. The summed E-state index contributed by atoms with van der Waals surface area (Å²) in [6.45, 7) is 0. The van der Waals surface area contributed by atoms with Gasteiger partial charge in [-0.25, -0.2) is 16.8 Å². The molecule has 0 fully saturated rings. The number of alkyl halides is 7. The van der Waals surface area contributed by atoms with E-state index in [1.807, 2.05) is 0 Å². The lowest BCUT2D eigenvalue weighted by molar-refractivity contribution is -0.117. The van der Waals surface area contributed by atoms with E-state index in [1.165, 1.54) is 0 Å². The summed E-state index contributed by atoms with van der Waals surface area (Å²) >= 11 is 0. The highest BCUT2D eigenvalue weighted by Gasteiger charge is 2.79. The van der Waals surface area contributed by atoms with Crippen LogP contribution in [-0.4, -0.2) is 32.9 Å². The first-order valence-electron chi connectivity index (χ1n) is 3.25. The Morgan fingerprint density at radius 3 is 1.28 bits per heavy atom. The predicted octanol–water partition coefficient (Wildman–Crippen LogP) is 0.911. The van der Waals surface area contributed by atoms with Gasteiger partial charge in [-0.1, -0.05) is 0 Å². The van der Waals surface area contributed by atoms with E-state index >= 15 is 0 Å². The molecule has 18 heavy (non-hydrogen) atoms. The van der Waals surface area contributed by atoms with E-state index in [-0.39, 0.29) is 0 Å². The van der Waals surface area contributed by atoms with Crippen LogP contribution in [0.3, 0.4) is 0 Å². The second kappa shape index (κ2) is 4.16. The van der Waals surface area contributed by atoms with Crippen LogP contribution >= 0.6 is 0 Å². The standard InChI is InChI=1S/C3HF8NO4S2/c4-1(5,17(13,14)3(8,9)10)2(6,7)18(15,16)12-11/h12H. The average molecular weight is 331 g/mol. The van der Waals surface area contributed by atoms with Crippen LogP contribution in [0.4, 0.5) is 35.2 Å². The molecule has 0 bridgehead atoms. The maximum Gasteiger partial charge on any atom is 0.503 e. The summed E-state index contributed by atoms with van der Waals surface area (Å²) in [4.78, 5) is -0.878. The summed E-state index contributed by atoms with van der Waals surface area (Å²) in [6, 6.07) is 0. The lowest BCUT2D eigenvalue weighted by Crippen LogP contribution is -2.57. The van der Waals surface area contributed by atoms with Gasteiger partial charge in [-0.2, -0.15) is 30.7 Å². The molecule has 1 N–H and O–H groups in total. The number of nitrogens with one attached hydrogen (secondary N) is 1. The Hall–Kier alpha value is -0.700. The van der Waals surface area contributed by atoms with Crippen molar-refractivity contribution >= 4 is 19.9 Å². The molecule has 0 rings (SSSR count). The third-order valence-electron chi connectivity index (χ3n) is 1.42. The van der Waals surface area contributed by atoms with Crippen LogP contribution in [0.5, 0.6) is 0 Å². The Kier molecular flexibility index (Phi) is 3.99. The van der Waals surface area contributed by atoms with Gasteiger partial charge in [-0.05, 0) is 4.94 Å². The maximum absolute atomic E-state index is 12.5. The van der Waals surface area contributed by atoms with Gasteiger partial charge in [0.1, 0.15) is 0 Å². The monoisotopic (exact) mass is 331 g/mol. The van der Waals surface area contributed by atoms with Gasteiger partial charge in [0.25, 0.3) is 0 Å². The van der Waals surface area contributed by atoms with Crippen molar-refractivity contribution in [2.24, 2.45) is 0 Å². The van der Waals surface area contributed by atoms with E-state index in [9.17, 15) is 52.0 Å². The molecule has 0 saturated heterocycles. The van der Waals surface area contributed by atoms with Gasteiger partial charge in [-0.15, -0.1) is 4.48 Å². The summed E-state index contributed by atoms with van der Waals surface area (Å²) in [5.74, 6) is 0. The van der Waals surface area contributed by atoms with Crippen LogP contribution in [0.25, 0.3) is 0 Å². The molecule has 0 aliphatic rings. The number of rotatable bonds is 4. The molecule has 0 saturated carbocycles. The third kappa shape index (κ3) is 2.13. The Morgan fingerprint density at radius 2 is 1.06 bits per heavy atom. The molecule has 0 atom stereocenters. The molecule has 0 aliphatic heterocycles. The number of halogens is 8. The van der Waals surface area contributed by atoms with Crippen LogP contribution in [0.1, 0.15) is 0 Å². The van der Waals surface area contributed by atoms with Gasteiger partial charge in [0.05, 0.1) is 0 Å². The summed E-state index contributed by atoms with van der Waals surface area (Å²) in [7, 11) is -14.9. The quantitative estimate of drug-likeness (QED) is 0.613. The zero-order valence-corrected chi connectivity index (χ0v) is 9.11. The molecule has 0 spiro atoms. The summed E-state index contributed by atoms with van der Waals surface area (Å²) in [6.07, 6.45) is 0. The molecule has 0 aromatic heterocycles. The van der Waals surface area contributed by atoms with E-state index in [0.29, 0.717) is 0 Å². The van der Waals surface area contributed by atoms with Crippen molar-refractivity contribution in [1.29, 1.82) is 0 Å². The highest BCUT2D eigenvalue weighted by Crippen LogP contribution is 2.47. The number of sulfone groups is 1. The van der Waals surface area contributed by atoms with E-state index in [4.69, 9.17) is 0 Å². The van der Waals surface area contributed by atoms with Gasteiger partial charge < -0.3 is 0 Å². The molecule has 0 aromatic rings. The normalized spacial score (nSPS) is 15.8. The van der Waals surface area contributed by atoms with Crippen LogP contribution in [0.15, 0.2) is 0 Å². The van der Waals surface area contributed by atoms with E-state index in [0.717, 1.165) is 0 Å². The summed E-state index contributed by atoms with van der Waals surface area (Å²) in [5, 5.41) is -14.0. The van der Waals surface area contributed by atoms with Crippen molar-refractivity contribution in [2.45, 2.75) is 16.0 Å². The SMILES string of the molecule is O=S(=O)(NF)C(F)(F)C(F)(F)S(=O)(=O)C(F)(F)F. The fourth-order valence-electron chi connectivity index (χ4n) is 0.507. The zero-order chi connectivity index (χ0) is 15.2. The fraction of sp³-hybridized carbons (Fsp3) is 1.00. The Balaban J connectivity index is 6.15. The van der Waals surface area contributed by atoms with Crippen LogP contribution < -0.4 is 4.94 Å². The highest BCUT2D eigenvalue weighted by atomic mass is 32.2. The Labute approximate surface area is 93.7 Å². The number of hydrogen-bond donors (Lipinski definition) is 1.